The van der Waals surface area contributed by atoms with Crippen LogP contribution in [-0.4, -0.2) is 55.0 Å². The first-order valence-corrected chi connectivity index (χ1v) is 6.19. The Morgan fingerprint density at radius 1 is 1.53 bits per heavy atom. The summed E-state index contributed by atoms with van der Waals surface area (Å²) in [6.07, 6.45) is -1.69. The summed E-state index contributed by atoms with van der Waals surface area (Å²) >= 11 is 0. The lowest BCUT2D eigenvalue weighted by Gasteiger charge is -2.30. The van der Waals surface area contributed by atoms with Crippen LogP contribution in [0.2, 0.25) is 0 Å². The van der Waals surface area contributed by atoms with Crippen LogP contribution in [-0.2, 0) is 4.74 Å². The second-order valence-electron chi connectivity index (χ2n) is 4.83. The molecule has 0 aromatic carbocycles. The number of hydrogen-bond acceptors (Lipinski definition) is 4. The molecule has 2 unspecified atom stereocenters. The van der Waals surface area contributed by atoms with Crippen LogP contribution in [0.25, 0.3) is 0 Å². The minimum absolute atomic E-state index is 0.0417. The summed E-state index contributed by atoms with van der Waals surface area (Å²) < 4.78 is 43.8. The van der Waals surface area contributed by atoms with E-state index in [1.807, 2.05) is 0 Å². The van der Waals surface area contributed by atoms with Crippen LogP contribution in [0.3, 0.4) is 0 Å². The van der Waals surface area contributed by atoms with Gasteiger partial charge in [-0.05, 0) is 26.3 Å². The first-order chi connectivity index (χ1) is 8.84. The number of hydrogen-bond donors (Lipinski definition) is 2. The van der Waals surface area contributed by atoms with Crippen molar-refractivity contribution in [3.05, 3.63) is 0 Å². The molecule has 1 aliphatic rings. The molecule has 0 aromatic heterocycles. The third-order valence-corrected chi connectivity index (χ3v) is 3.15. The molecule has 1 saturated heterocycles. The molecule has 5 nitrogen and oxygen atoms in total. The van der Waals surface area contributed by atoms with Crippen molar-refractivity contribution in [2.45, 2.75) is 31.5 Å². The largest absolute Gasteiger partial charge is 0.409 e. The summed E-state index contributed by atoms with van der Waals surface area (Å²) in [5, 5.41) is 10.9. The second-order valence-corrected chi connectivity index (χ2v) is 4.83. The number of nitrogens with zero attached hydrogens (tertiary/aromatic N) is 2. The molecule has 2 atom stereocenters. The predicted molar refractivity (Wildman–Crippen MR) is 64.0 cm³/mol. The van der Waals surface area contributed by atoms with Gasteiger partial charge in [-0.15, -0.1) is 0 Å². The summed E-state index contributed by atoms with van der Waals surface area (Å²) in [7, 11) is 1.57. The number of rotatable bonds is 5. The lowest BCUT2D eigenvalue weighted by atomic mass is 10.1. The van der Waals surface area contributed by atoms with E-state index in [1.54, 1.807) is 7.05 Å². The van der Waals surface area contributed by atoms with Crippen molar-refractivity contribution in [1.29, 1.82) is 0 Å². The molecular weight excluding hydrogens is 263 g/mol. The van der Waals surface area contributed by atoms with Crippen molar-refractivity contribution < 1.29 is 23.1 Å². The van der Waals surface area contributed by atoms with Gasteiger partial charge in [-0.2, -0.15) is 13.2 Å². The molecule has 0 aliphatic carbocycles. The molecule has 3 N–H and O–H groups in total. The Balaban J connectivity index is 2.53. The first kappa shape index (κ1) is 16.0. The molecule has 1 fully saturated rings. The topological polar surface area (TPSA) is 71.1 Å². The molecule has 1 heterocycles. The summed E-state index contributed by atoms with van der Waals surface area (Å²) in [5.41, 5.74) is 5.11. The van der Waals surface area contributed by atoms with Gasteiger partial charge in [0.1, 0.15) is 5.92 Å². The van der Waals surface area contributed by atoms with Crippen molar-refractivity contribution >= 4 is 5.84 Å². The first-order valence-electron chi connectivity index (χ1n) is 6.19. The highest BCUT2D eigenvalue weighted by molar-refractivity contribution is 5.83. The minimum Gasteiger partial charge on any atom is -0.409 e. The van der Waals surface area contributed by atoms with Crippen molar-refractivity contribution in [3.63, 3.8) is 0 Å². The highest BCUT2D eigenvalue weighted by Gasteiger charge is 2.43. The normalized spacial score (nSPS) is 23.6. The molecule has 1 rings (SSSR count). The minimum atomic E-state index is -4.53. The third-order valence-electron chi connectivity index (χ3n) is 3.15. The quantitative estimate of drug-likeness (QED) is 0.346. The number of nitrogens with two attached hydrogens (primary N) is 1. The number of halogens is 3. The summed E-state index contributed by atoms with van der Waals surface area (Å²) in [6, 6.07) is 0. The molecule has 0 spiro atoms. The Morgan fingerprint density at radius 3 is 2.68 bits per heavy atom. The molecule has 8 heteroatoms. The maximum absolute atomic E-state index is 12.8. The lowest BCUT2D eigenvalue weighted by molar-refractivity contribution is -0.160. The third kappa shape index (κ3) is 5.23. The average Bonchev–Trinajstić information content (AvgIpc) is 2.35. The van der Waals surface area contributed by atoms with Crippen LogP contribution in [0.4, 0.5) is 13.2 Å². The van der Waals surface area contributed by atoms with Crippen LogP contribution in [0.5, 0.6) is 0 Å². The zero-order valence-corrected chi connectivity index (χ0v) is 10.9. The maximum Gasteiger partial charge on any atom is 0.400 e. The Morgan fingerprint density at radius 2 is 2.21 bits per heavy atom. The molecule has 0 saturated carbocycles. The van der Waals surface area contributed by atoms with Crippen LogP contribution < -0.4 is 5.73 Å². The molecule has 112 valence electrons. The fourth-order valence-electron chi connectivity index (χ4n) is 2.12. The van der Waals surface area contributed by atoms with E-state index in [-0.39, 0.29) is 12.6 Å². The van der Waals surface area contributed by atoms with Crippen molar-refractivity contribution in [3.8, 4) is 0 Å². The number of alkyl halides is 3. The number of oxime groups is 1. The highest BCUT2D eigenvalue weighted by Crippen LogP contribution is 2.27. The number of likely N-dealkylation sites (N-methyl/N-ethyl adjacent to an activating group) is 1. The van der Waals surface area contributed by atoms with Gasteiger partial charge in [-0.25, -0.2) is 0 Å². The zero-order chi connectivity index (χ0) is 14.5. The van der Waals surface area contributed by atoms with E-state index < -0.39 is 17.9 Å². The van der Waals surface area contributed by atoms with Gasteiger partial charge < -0.3 is 20.6 Å². The Hall–Kier alpha value is -1.02. The maximum atomic E-state index is 12.8. The molecule has 0 amide bonds. The number of ether oxygens (including phenoxy) is 1. The number of amidine groups is 1. The monoisotopic (exact) mass is 283 g/mol. The lowest BCUT2D eigenvalue weighted by Crippen LogP contribution is -2.45. The predicted octanol–water partition coefficient (Wildman–Crippen LogP) is 1.41. The second kappa shape index (κ2) is 6.95. The molecule has 0 aromatic rings. The van der Waals surface area contributed by atoms with E-state index in [0.29, 0.717) is 13.2 Å². The molecule has 0 radical (unpaired) electrons. The molecular formula is C11H20F3N3O2. The van der Waals surface area contributed by atoms with E-state index in [2.05, 4.69) is 5.16 Å². The highest BCUT2D eigenvalue weighted by atomic mass is 19.4. The summed E-state index contributed by atoms with van der Waals surface area (Å²) in [5.74, 6) is -2.78. The van der Waals surface area contributed by atoms with Gasteiger partial charge in [0.05, 0.1) is 6.10 Å². The molecule has 0 bridgehead atoms. The van der Waals surface area contributed by atoms with Crippen molar-refractivity contribution in [2.24, 2.45) is 16.8 Å². The van der Waals surface area contributed by atoms with Gasteiger partial charge in [0, 0.05) is 19.7 Å². The Labute approximate surface area is 110 Å². The summed E-state index contributed by atoms with van der Waals surface area (Å²) in [6.45, 7) is 0.714. The molecule has 1 aliphatic heterocycles. The standard InChI is InChI=1S/C11H20F3N3O2/c1-17(6-8-4-2-3-5-19-8)7-9(10(15)16-18)11(12,13)14/h8-9,18H,2-7H2,1H3,(H2,15,16). The van der Waals surface area contributed by atoms with E-state index in [9.17, 15) is 13.2 Å². The fourth-order valence-corrected chi connectivity index (χ4v) is 2.12. The molecule has 19 heavy (non-hydrogen) atoms. The van der Waals surface area contributed by atoms with Crippen molar-refractivity contribution in [2.75, 3.05) is 26.7 Å². The van der Waals surface area contributed by atoms with E-state index in [0.717, 1.165) is 19.3 Å². The fraction of sp³-hybridized carbons (Fsp3) is 0.909. The average molecular weight is 283 g/mol. The van der Waals surface area contributed by atoms with E-state index >= 15 is 0 Å². The Bertz CT molecular complexity index is 304. The Kier molecular flexibility index (Phi) is 5.86. The van der Waals surface area contributed by atoms with Crippen LogP contribution in [0.15, 0.2) is 5.16 Å². The zero-order valence-electron chi connectivity index (χ0n) is 10.9. The van der Waals surface area contributed by atoms with Gasteiger partial charge >= 0.3 is 6.18 Å². The summed E-state index contributed by atoms with van der Waals surface area (Å²) in [4.78, 5) is 1.51. The van der Waals surface area contributed by atoms with Crippen LogP contribution >= 0.6 is 0 Å². The van der Waals surface area contributed by atoms with Crippen LogP contribution in [0, 0.1) is 5.92 Å². The van der Waals surface area contributed by atoms with Gasteiger partial charge in [0.25, 0.3) is 0 Å². The van der Waals surface area contributed by atoms with Gasteiger partial charge in [0.15, 0.2) is 5.84 Å². The smallest absolute Gasteiger partial charge is 0.400 e. The van der Waals surface area contributed by atoms with Gasteiger partial charge in [0.2, 0.25) is 0 Å². The van der Waals surface area contributed by atoms with Crippen LogP contribution in [0.1, 0.15) is 19.3 Å². The SMILES string of the molecule is CN(CC1CCCCO1)CC(C(N)=NO)C(F)(F)F. The van der Waals surface area contributed by atoms with Gasteiger partial charge in [-0.3, -0.25) is 0 Å². The van der Waals surface area contributed by atoms with E-state index in [1.165, 1.54) is 4.90 Å². The van der Waals surface area contributed by atoms with Gasteiger partial charge in [-0.1, -0.05) is 5.16 Å². The van der Waals surface area contributed by atoms with Crippen molar-refractivity contribution in [1.82, 2.24) is 4.90 Å². The van der Waals surface area contributed by atoms with E-state index in [4.69, 9.17) is 15.7 Å².